The second-order valence-electron chi connectivity index (χ2n) is 12.2. The van der Waals surface area contributed by atoms with Crippen LogP contribution in [0, 0.1) is 20.2 Å². The molecule has 2 aromatic carbocycles. The Morgan fingerprint density at radius 1 is 0.735 bits per heavy atom. The summed E-state index contributed by atoms with van der Waals surface area (Å²) in [5.41, 5.74) is 1.70. The van der Waals surface area contributed by atoms with E-state index in [1.54, 1.807) is 18.2 Å². The van der Waals surface area contributed by atoms with Crippen LogP contribution in [0.4, 0.5) is 22.7 Å². The first kappa shape index (κ1) is 38.0. The van der Waals surface area contributed by atoms with E-state index in [9.17, 15) is 28.6 Å². The number of non-ortho nitro benzene ring substituents is 2. The summed E-state index contributed by atoms with van der Waals surface area (Å²) >= 11 is 0. The Bertz CT molecular complexity index is 1500. The summed E-state index contributed by atoms with van der Waals surface area (Å²) in [5, 5.41) is 24.8. The first-order chi connectivity index (χ1) is 23.4. The third-order valence-corrected chi connectivity index (χ3v) is 9.10. The molecule has 0 saturated carbocycles. The highest BCUT2D eigenvalue weighted by atomic mass is 32.2. The van der Waals surface area contributed by atoms with Gasteiger partial charge in [-0.1, -0.05) is 0 Å². The Balaban J connectivity index is 0.000000185. The summed E-state index contributed by atoms with van der Waals surface area (Å²) in [7, 11) is 0.841. The molecule has 4 heterocycles. The van der Waals surface area contributed by atoms with Gasteiger partial charge in [-0.2, -0.15) is 8.42 Å². The van der Waals surface area contributed by atoms with Gasteiger partial charge in [-0.25, -0.2) is 0 Å². The number of benzene rings is 2. The molecule has 272 valence electrons. The molecule has 18 heteroatoms. The average Bonchev–Trinajstić information content (AvgIpc) is 3.08. The Labute approximate surface area is 287 Å². The van der Waals surface area contributed by atoms with Crippen LogP contribution in [0.5, 0.6) is 11.5 Å². The van der Waals surface area contributed by atoms with Crippen LogP contribution in [0.25, 0.3) is 0 Å². The van der Waals surface area contributed by atoms with Crippen molar-refractivity contribution in [1.29, 1.82) is 0 Å². The van der Waals surface area contributed by atoms with Gasteiger partial charge in [0.2, 0.25) is 0 Å². The number of nitrogens with zero attached hydrogens (tertiary/aromatic N) is 7. The van der Waals surface area contributed by atoms with Gasteiger partial charge in [0.1, 0.15) is 24.7 Å². The third kappa shape index (κ3) is 12.2. The standard InChI is InChI=1S/C15H22N4O3.C11H14N2O6S.C5H12N2/c1-16-4-6-17(7-5-16)8-9-18-10-11-22-15-12-13(19(20)21)2-3-14(15)18;1-20(16,17)19-7-5-12-4-6-18-11-8-9(13(14)15)2-3-10(11)12;1-7-4-2-6-3-5-7/h2-3,12H,4-11H2,1H3;2-3,8H,4-7H2,1H3;6H,2-5H2,1H3. The van der Waals surface area contributed by atoms with Crippen LogP contribution in [0.3, 0.4) is 0 Å². The number of nitro benzene ring substituents is 2. The maximum absolute atomic E-state index is 10.9. The Morgan fingerprint density at radius 2 is 1.22 bits per heavy atom. The normalized spacial score (nSPS) is 18.3. The van der Waals surface area contributed by atoms with Gasteiger partial charge in [0.25, 0.3) is 21.5 Å². The summed E-state index contributed by atoms with van der Waals surface area (Å²) in [6.45, 7) is 13.9. The first-order valence-corrected chi connectivity index (χ1v) is 18.2. The zero-order valence-electron chi connectivity index (χ0n) is 28.5. The number of hydrogen-bond donors (Lipinski definition) is 1. The van der Waals surface area contributed by atoms with Crippen molar-refractivity contribution >= 4 is 32.9 Å². The molecule has 6 rings (SSSR count). The summed E-state index contributed by atoms with van der Waals surface area (Å²) < 4.78 is 37.5. The minimum absolute atomic E-state index is 0.0231. The van der Waals surface area contributed by atoms with E-state index in [-0.39, 0.29) is 22.9 Å². The molecule has 2 saturated heterocycles. The second kappa shape index (κ2) is 18.3. The van der Waals surface area contributed by atoms with Crippen molar-refractivity contribution < 1.29 is 31.9 Å². The van der Waals surface area contributed by atoms with E-state index < -0.39 is 15.0 Å². The summed E-state index contributed by atoms with van der Waals surface area (Å²) in [6, 6.07) is 9.22. The van der Waals surface area contributed by atoms with Gasteiger partial charge in [-0.05, 0) is 26.2 Å². The fraction of sp³-hybridized carbons (Fsp3) is 0.613. The number of likely N-dealkylation sites (N-methyl/N-ethyl adjacent to an activating group) is 2. The van der Waals surface area contributed by atoms with Crippen molar-refractivity contribution in [1.82, 2.24) is 20.0 Å². The Hall–Kier alpha value is -3.81. The maximum atomic E-state index is 10.9. The lowest BCUT2D eigenvalue weighted by Crippen LogP contribution is -2.47. The number of nitro groups is 2. The van der Waals surface area contributed by atoms with Gasteiger partial charge in [0.15, 0.2) is 0 Å². The number of rotatable bonds is 9. The monoisotopic (exact) mass is 708 g/mol. The van der Waals surface area contributed by atoms with Gasteiger partial charge in [-0.15, -0.1) is 0 Å². The van der Waals surface area contributed by atoms with Crippen molar-refractivity contribution in [2.24, 2.45) is 0 Å². The molecule has 17 nitrogen and oxygen atoms in total. The van der Waals surface area contributed by atoms with Crippen LogP contribution in [0.2, 0.25) is 0 Å². The molecule has 49 heavy (non-hydrogen) atoms. The molecule has 2 aromatic rings. The summed E-state index contributed by atoms with van der Waals surface area (Å²) in [6.07, 6.45) is 0.990. The van der Waals surface area contributed by atoms with E-state index in [1.165, 1.54) is 31.3 Å². The van der Waals surface area contributed by atoms with Crippen LogP contribution in [-0.2, 0) is 14.3 Å². The molecule has 0 amide bonds. The average molecular weight is 709 g/mol. The van der Waals surface area contributed by atoms with Crippen LogP contribution in [0.15, 0.2) is 36.4 Å². The lowest BCUT2D eigenvalue weighted by atomic mass is 10.2. The molecule has 4 aliphatic heterocycles. The molecule has 4 aliphatic rings. The molecule has 0 radical (unpaired) electrons. The third-order valence-electron chi connectivity index (χ3n) is 8.51. The largest absolute Gasteiger partial charge is 0.489 e. The van der Waals surface area contributed by atoms with Gasteiger partial charge in [0.05, 0.1) is 59.3 Å². The van der Waals surface area contributed by atoms with E-state index in [1.807, 2.05) is 4.90 Å². The SMILES string of the molecule is CN1CCN(CCN2CCOc3cc([N+](=O)[O-])ccc32)CC1.CN1CCNCC1.CS(=O)(=O)OCCN1CCOc2cc([N+](=O)[O-])ccc21. The number of nitrogens with one attached hydrogen (secondary N) is 1. The van der Waals surface area contributed by atoms with Gasteiger partial charge in [-0.3, -0.25) is 29.3 Å². The van der Waals surface area contributed by atoms with E-state index in [0.717, 1.165) is 70.8 Å². The minimum atomic E-state index is -3.47. The van der Waals surface area contributed by atoms with Crippen molar-refractivity contribution in [2.75, 3.05) is 135 Å². The molecule has 0 atom stereocenters. The number of anilines is 2. The Morgan fingerprint density at radius 3 is 1.67 bits per heavy atom. The molecular weight excluding hydrogens is 660 g/mol. The highest BCUT2D eigenvalue weighted by molar-refractivity contribution is 7.85. The van der Waals surface area contributed by atoms with Gasteiger partial charge in [0, 0.05) is 84.1 Å². The fourth-order valence-corrected chi connectivity index (χ4v) is 6.01. The highest BCUT2D eigenvalue weighted by Crippen LogP contribution is 2.35. The molecule has 1 N–H and O–H groups in total. The lowest BCUT2D eigenvalue weighted by molar-refractivity contribution is -0.385. The van der Waals surface area contributed by atoms with E-state index in [0.29, 0.717) is 43.5 Å². The summed E-state index contributed by atoms with van der Waals surface area (Å²) in [5.74, 6) is 1.05. The van der Waals surface area contributed by atoms with E-state index >= 15 is 0 Å². The molecule has 0 aliphatic carbocycles. The topological polar surface area (TPSA) is 176 Å². The molecular formula is C31H48N8O9S. The van der Waals surface area contributed by atoms with Crippen LogP contribution < -0.4 is 24.6 Å². The minimum Gasteiger partial charge on any atom is -0.489 e. The predicted molar refractivity (Wildman–Crippen MR) is 187 cm³/mol. The number of hydrogen-bond acceptors (Lipinski definition) is 15. The van der Waals surface area contributed by atoms with Crippen molar-refractivity contribution in [3.63, 3.8) is 0 Å². The van der Waals surface area contributed by atoms with Gasteiger partial charge < -0.3 is 34.4 Å². The zero-order chi connectivity index (χ0) is 35.4. The lowest BCUT2D eigenvalue weighted by Gasteiger charge is -2.36. The molecule has 0 aromatic heterocycles. The molecule has 0 spiro atoms. The van der Waals surface area contributed by atoms with Crippen LogP contribution in [-0.4, -0.2) is 158 Å². The first-order valence-electron chi connectivity index (χ1n) is 16.4. The fourth-order valence-electron chi connectivity index (χ4n) is 5.63. The summed E-state index contributed by atoms with van der Waals surface area (Å²) in [4.78, 5) is 32.0. The number of ether oxygens (including phenoxy) is 2. The van der Waals surface area contributed by atoms with Crippen molar-refractivity contribution in [2.45, 2.75) is 0 Å². The van der Waals surface area contributed by atoms with Crippen LogP contribution in [0.1, 0.15) is 0 Å². The van der Waals surface area contributed by atoms with Gasteiger partial charge >= 0.3 is 0 Å². The smallest absolute Gasteiger partial charge is 0.273 e. The van der Waals surface area contributed by atoms with Crippen molar-refractivity contribution in [3.8, 4) is 11.5 Å². The van der Waals surface area contributed by atoms with Crippen LogP contribution >= 0.6 is 0 Å². The molecule has 0 bridgehead atoms. The zero-order valence-corrected chi connectivity index (χ0v) is 29.3. The van der Waals surface area contributed by atoms with Crippen molar-refractivity contribution in [3.05, 3.63) is 56.6 Å². The predicted octanol–water partition coefficient (Wildman–Crippen LogP) is 1.33. The quantitative estimate of drug-likeness (QED) is 0.224. The second-order valence-corrected chi connectivity index (χ2v) is 13.9. The Kier molecular flexibility index (Phi) is 14.2. The molecule has 0 unspecified atom stereocenters. The van der Waals surface area contributed by atoms with E-state index in [2.05, 4.69) is 39.0 Å². The maximum Gasteiger partial charge on any atom is 0.273 e. The molecule has 2 fully saturated rings. The van der Waals surface area contributed by atoms with E-state index in [4.69, 9.17) is 13.7 Å². The number of piperazine rings is 2. The number of fused-ring (bicyclic) bond motifs is 2. The highest BCUT2D eigenvalue weighted by Gasteiger charge is 2.23.